The maximum absolute atomic E-state index is 15.4. The maximum atomic E-state index is 15.4. The predicted octanol–water partition coefficient (Wildman–Crippen LogP) is 6.60. The zero-order chi connectivity index (χ0) is 38.6. The molecule has 55 heavy (non-hydrogen) atoms. The molecule has 11 nitrogen and oxygen atoms in total. The minimum absolute atomic E-state index is 0.0360. The average Bonchev–Trinajstić information content (AvgIpc) is 3.84. The van der Waals surface area contributed by atoms with Crippen molar-refractivity contribution in [2.45, 2.75) is 13.0 Å². The summed E-state index contributed by atoms with van der Waals surface area (Å²) in [5.41, 5.74) is 4.09. The van der Waals surface area contributed by atoms with Crippen LogP contribution in [-0.2, 0) is 16.6 Å². The molecule has 280 valence electrons. The Kier molecular flexibility index (Phi) is 7.78. The van der Waals surface area contributed by atoms with E-state index in [0.29, 0.717) is 57.1 Å². The SMILES string of the molecule is C=C1CC2(CN1)CN(Cc1nc3ccc(-c4cc5c(C(=O)NC)c(-c6ccc(F)cc6F)oc5cc4N(C)S(C)(=O)=O)nc3c3cc4c(F)cccc4n13)C2. The third-order valence-corrected chi connectivity index (χ3v) is 11.9. The Morgan fingerprint density at radius 3 is 2.51 bits per heavy atom. The van der Waals surface area contributed by atoms with Crippen molar-refractivity contribution in [2.75, 3.05) is 44.3 Å². The first-order valence-electron chi connectivity index (χ1n) is 17.5. The van der Waals surface area contributed by atoms with Gasteiger partial charge < -0.3 is 15.1 Å². The van der Waals surface area contributed by atoms with Crippen molar-refractivity contribution >= 4 is 60.0 Å². The van der Waals surface area contributed by atoms with E-state index in [1.807, 2.05) is 10.5 Å². The van der Waals surface area contributed by atoms with Crippen molar-refractivity contribution in [2.24, 2.45) is 5.41 Å². The molecule has 6 heterocycles. The van der Waals surface area contributed by atoms with E-state index < -0.39 is 33.4 Å². The molecule has 0 unspecified atom stereocenters. The van der Waals surface area contributed by atoms with Gasteiger partial charge in [-0.2, -0.15) is 0 Å². The van der Waals surface area contributed by atoms with Crippen LogP contribution < -0.4 is 14.9 Å². The van der Waals surface area contributed by atoms with Crippen molar-refractivity contribution in [3.8, 4) is 22.6 Å². The Morgan fingerprint density at radius 2 is 1.80 bits per heavy atom. The Labute approximate surface area is 313 Å². The van der Waals surface area contributed by atoms with Crippen LogP contribution in [0.15, 0.2) is 83.4 Å². The van der Waals surface area contributed by atoms with Crippen LogP contribution in [0.1, 0.15) is 22.6 Å². The highest BCUT2D eigenvalue weighted by Crippen LogP contribution is 2.43. The summed E-state index contributed by atoms with van der Waals surface area (Å²) in [5, 5.41) is 6.56. The number of benzene rings is 3. The number of anilines is 1. The summed E-state index contributed by atoms with van der Waals surface area (Å²) in [5.74, 6) is -2.21. The molecule has 0 saturated carbocycles. The number of rotatable bonds is 7. The molecule has 15 heteroatoms. The van der Waals surface area contributed by atoms with E-state index in [9.17, 15) is 17.6 Å². The van der Waals surface area contributed by atoms with Crippen LogP contribution >= 0.6 is 0 Å². The van der Waals surface area contributed by atoms with Crippen LogP contribution in [0.5, 0.6) is 0 Å². The van der Waals surface area contributed by atoms with Crippen LogP contribution in [0.4, 0.5) is 18.9 Å². The number of amides is 1. The number of fused-ring (bicyclic) bond motifs is 6. The van der Waals surface area contributed by atoms with Gasteiger partial charge in [0.15, 0.2) is 5.76 Å². The molecule has 0 radical (unpaired) electrons. The monoisotopic (exact) mass is 765 g/mol. The second-order valence-electron chi connectivity index (χ2n) is 14.5. The molecule has 0 bridgehead atoms. The number of carbonyl (C=O) groups excluding carboxylic acids is 1. The van der Waals surface area contributed by atoms with Crippen molar-refractivity contribution < 1.29 is 30.8 Å². The Hall–Kier alpha value is -5.93. The Balaban J connectivity index is 1.25. The summed E-state index contributed by atoms with van der Waals surface area (Å²) in [4.78, 5) is 25.8. The van der Waals surface area contributed by atoms with Crippen molar-refractivity contribution in [3.05, 3.63) is 108 Å². The van der Waals surface area contributed by atoms with Crippen molar-refractivity contribution in [1.29, 1.82) is 0 Å². The number of carbonyl (C=O) groups is 1. The third kappa shape index (κ3) is 5.59. The van der Waals surface area contributed by atoms with E-state index >= 15 is 8.78 Å². The first-order chi connectivity index (χ1) is 26.2. The van der Waals surface area contributed by atoms with Crippen LogP contribution in [0.3, 0.4) is 0 Å². The van der Waals surface area contributed by atoms with Gasteiger partial charge in [-0.1, -0.05) is 12.6 Å². The molecule has 1 spiro atoms. The summed E-state index contributed by atoms with van der Waals surface area (Å²) in [6.07, 6.45) is 1.96. The number of nitrogens with zero attached hydrogens (tertiary/aromatic N) is 5. The number of pyridine rings is 1. The molecule has 1 amide bonds. The molecule has 2 saturated heterocycles. The van der Waals surface area contributed by atoms with E-state index in [1.165, 1.54) is 32.3 Å². The molecule has 2 fully saturated rings. The van der Waals surface area contributed by atoms with E-state index in [0.717, 1.165) is 48.4 Å². The number of nitrogens with one attached hydrogen (secondary N) is 2. The highest BCUT2D eigenvalue weighted by Gasteiger charge is 2.46. The summed E-state index contributed by atoms with van der Waals surface area (Å²) in [7, 11) is -1.08. The molecule has 9 rings (SSSR count). The minimum Gasteiger partial charge on any atom is -0.455 e. The van der Waals surface area contributed by atoms with Gasteiger partial charge in [0, 0.05) is 73.3 Å². The first kappa shape index (κ1) is 34.8. The van der Waals surface area contributed by atoms with E-state index in [4.69, 9.17) is 14.4 Å². The summed E-state index contributed by atoms with van der Waals surface area (Å²) in [6, 6.07) is 16.0. The van der Waals surface area contributed by atoms with Crippen LogP contribution in [-0.4, -0.2) is 73.6 Å². The standard InChI is InChI=1S/C40H34F3N7O4S/c1-21-16-40(18-45-21)19-49(20-40)17-35-46-30-11-10-29(47-37(30)33-14-24-27(42)6-5-7-31(24)50(33)35)25-13-26-34(15-32(25)48(3)55(4,52)53)54-38(36(26)39(51)44-2)23-9-8-22(41)12-28(23)43/h5-15,45H,1,16-20H2,2-4H3,(H,44,51). The lowest BCUT2D eigenvalue weighted by Crippen LogP contribution is -2.56. The fourth-order valence-corrected chi connectivity index (χ4v) is 8.65. The number of sulfonamides is 1. The van der Waals surface area contributed by atoms with Crippen LogP contribution in [0.25, 0.3) is 61.0 Å². The van der Waals surface area contributed by atoms with Crippen molar-refractivity contribution in [1.82, 2.24) is 29.9 Å². The van der Waals surface area contributed by atoms with Gasteiger partial charge in [0.1, 0.15) is 34.4 Å². The molecule has 4 aromatic heterocycles. The van der Waals surface area contributed by atoms with Gasteiger partial charge in [0.2, 0.25) is 10.0 Å². The van der Waals surface area contributed by atoms with Gasteiger partial charge in [0.25, 0.3) is 5.91 Å². The fourth-order valence-electron chi connectivity index (χ4n) is 8.14. The van der Waals surface area contributed by atoms with Gasteiger partial charge in [-0.15, -0.1) is 0 Å². The normalized spacial score (nSPS) is 15.7. The Bertz CT molecular complexity index is 2920. The number of hydrogen-bond acceptors (Lipinski definition) is 8. The number of allylic oxidation sites excluding steroid dienone is 1. The molecular weight excluding hydrogens is 732 g/mol. The number of aromatic nitrogens is 3. The average molecular weight is 766 g/mol. The third-order valence-electron chi connectivity index (χ3n) is 10.8. The van der Waals surface area contributed by atoms with Gasteiger partial charge in [-0.25, -0.2) is 31.6 Å². The highest BCUT2D eigenvalue weighted by molar-refractivity contribution is 7.92. The van der Waals surface area contributed by atoms with Crippen molar-refractivity contribution in [3.63, 3.8) is 0 Å². The minimum atomic E-state index is -3.86. The van der Waals surface area contributed by atoms with Gasteiger partial charge >= 0.3 is 0 Å². The van der Waals surface area contributed by atoms with Gasteiger partial charge in [-0.3, -0.25) is 18.4 Å². The molecule has 2 aliphatic heterocycles. The molecule has 0 aliphatic carbocycles. The lowest BCUT2D eigenvalue weighted by Gasteiger charge is -2.47. The second-order valence-corrected chi connectivity index (χ2v) is 16.5. The number of hydrogen-bond donors (Lipinski definition) is 2. The van der Waals surface area contributed by atoms with Crippen LogP contribution in [0.2, 0.25) is 0 Å². The van der Waals surface area contributed by atoms with Gasteiger partial charge in [0.05, 0.1) is 51.9 Å². The van der Waals surface area contributed by atoms with Gasteiger partial charge in [-0.05, 0) is 55.0 Å². The summed E-state index contributed by atoms with van der Waals surface area (Å²) in [6.45, 7) is 7.22. The van der Waals surface area contributed by atoms with E-state index in [2.05, 4.69) is 22.1 Å². The fraction of sp³-hybridized carbons (Fsp3) is 0.225. The summed E-state index contributed by atoms with van der Waals surface area (Å²) < 4.78 is 79.4. The number of halogens is 3. The molecule has 3 aromatic carbocycles. The lowest BCUT2D eigenvalue weighted by atomic mass is 9.78. The summed E-state index contributed by atoms with van der Waals surface area (Å²) >= 11 is 0. The van der Waals surface area contributed by atoms with E-state index in [1.54, 1.807) is 30.3 Å². The van der Waals surface area contributed by atoms with Crippen LogP contribution in [0, 0.1) is 22.9 Å². The lowest BCUT2D eigenvalue weighted by molar-refractivity contribution is 0.00961. The molecule has 2 aliphatic rings. The Morgan fingerprint density at radius 1 is 1.00 bits per heavy atom. The molecular formula is C40H34F3N7O4S. The van der Waals surface area contributed by atoms with E-state index in [-0.39, 0.29) is 39.0 Å². The highest BCUT2D eigenvalue weighted by atomic mass is 32.2. The number of furan rings is 1. The molecule has 2 N–H and O–H groups in total. The largest absolute Gasteiger partial charge is 0.455 e. The zero-order valence-corrected chi connectivity index (χ0v) is 30.8. The molecule has 7 aromatic rings. The predicted molar refractivity (Wildman–Crippen MR) is 205 cm³/mol. The first-order valence-corrected chi connectivity index (χ1v) is 19.3. The molecule has 0 atom stereocenters. The zero-order valence-electron chi connectivity index (χ0n) is 30.0. The second kappa shape index (κ2) is 12.3. The quantitative estimate of drug-likeness (QED) is 0.186. The smallest absolute Gasteiger partial charge is 0.255 e. The number of likely N-dealkylation sites (tertiary alicyclic amines) is 1. The topological polar surface area (TPSA) is 125 Å². The maximum Gasteiger partial charge on any atom is 0.255 e.